The zero-order chi connectivity index (χ0) is 45.0. The van der Waals surface area contributed by atoms with Crippen molar-refractivity contribution < 1.29 is 18.3 Å². The third-order valence-electron chi connectivity index (χ3n) is 12.8. The first-order valence-corrected chi connectivity index (χ1v) is 22.7. The molecule has 0 amide bonds. The third-order valence-corrected chi connectivity index (χ3v) is 12.8. The van der Waals surface area contributed by atoms with Gasteiger partial charge in [0.2, 0.25) is 0 Å². The summed E-state index contributed by atoms with van der Waals surface area (Å²) in [6, 6.07) is 49.9. The van der Waals surface area contributed by atoms with E-state index >= 15 is 0 Å². The number of benzene rings is 4. The lowest BCUT2D eigenvalue weighted by Crippen LogP contribution is -2.33. The highest BCUT2D eigenvalue weighted by Gasteiger charge is 2.28. The largest absolute Gasteiger partial charge is 0.324 e. The summed E-state index contributed by atoms with van der Waals surface area (Å²) in [6.45, 7) is 2.48. The van der Waals surface area contributed by atoms with E-state index in [1.807, 2.05) is 72.8 Å². The van der Waals surface area contributed by atoms with Gasteiger partial charge in [-0.15, -0.1) is 0 Å². The number of H-pyrrole nitrogens is 2. The van der Waals surface area contributed by atoms with Gasteiger partial charge in [0.15, 0.2) is 99.1 Å². The maximum Gasteiger partial charge on any atom is 0.174 e. The fourth-order valence-corrected chi connectivity index (χ4v) is 9.74. The number of aromatic nitrogens is 12. The molecule has 12 heteroatoms. The van der Waals surface area contributed by atoms with Gasteiger partial charge in [-0.25, -0.2) is 48.2 Å². The van der Waals surface area contributed by atoms with E-state index < -0.39 is 0 Å². The summed E-state index contributed by atoms with van der Waals surface area (Å²) < 4.78 is 8.68. The van der Waals surface area contributed by atoms with Gasteiger partial charge in [-0.2, -0.15) is 0 Å². The summed E-state index contributed by atoms with van der Waals surface area (Å²) in [4.78, 5) is 40.0. The molecule has 12 nitrogen and oxygen atoms in total. The second kappa shape index (κ2) is 16.4. The number of nitrogens with one attached hydrogen (secondary N) is 2. The van der Waals surface area contributed by atoms with Crippen LogP contribution in [-0.2, 0) is 26.2 Å². The van der Waals surface area contributed by atoms with Gasteiger partial charge in [0.25, 0.3) is 0 Å². The molecule has 0 saturated heterocycles. The van der Waals surface area contributed by atoms with E-state index in [1.54, 1.807) is 0 Å². The molecule has 0 atom stereocenters. The Balaban J connectivity index is 1.15. The summed E-state index contributed by atoms with van der Waals surface area (Å²) in [5, 5.41) is 3.77. The van der Waals surface area contributed by atoms with Crippen LogP contribution in [0.15, 0.2) is 195 Å². The van der Waals surface area contributed by atoms with Crippen molar-refractivity contribution in [2.24, 2.45) is 0 Å². The summed E-state index contributed by atoms with van der Waals surface area (Å²) in [7, 11) is 0. The highest BCUT2D eigenvalue weighted by molar-refractivity contribution is 6.08. The summed E-state index contributed by atoms with van der Waals surface area (Å²) in [5.41, 5.74) is 10.6. The number of aromatic amines is 2. The topological polar surface area (TPSA) is 124 Å². The van der Waals surface area contributed by atoms with Gasteiger partial charge in [-0.1, -0.05) is 97.1 Å². The molecule has 0 aliphatic carbocycles. The van der Waals surface area contributed by atoms with E-state index in [-0.39, 0.29) is 0 Å². The predicted molar refractivity (Wildman–Crippen MR) is 259 cm³/mol. The zero-order valence-corrected chi connectivity index (χ0v) is 36.8. The minimum absolute atomic E-state index is 0.561. The van der Waals surface area contributed by atoms with Gasteiger partial charge in [0.05, 0.1) is 0 Å². The first-order valence-electron chi connectivity index (χ1n) is 22.7. The second-order valence-corrected chi connectivity index (χ2v) is 17.2. The molecule has 4 aromatic carbocycles. The van der Waals surface area contributed by atoms with E-state index in [0.29, 0.717) is 72.1 Å². The Labute approximate surface area is 389 Å². The van der Waals surface area contributed by atoms with Crippen molar-refractivity contribution in [1.82, 2.24) is 39.9 Å². The molecule has 2 N–H and O–H groups in total. The van der Waals surface area contributed by atoms with Crippen LogP contribution in [-0.4, -0.2) is 39.9 Å². The molecule has 0 unspecified atom stereocenters. The number of fused-ring (bicyclic) bond motifs is 20. The van der Waals surface area contributed by atoms with E-state index in [1.165, 1.54) is 0 Å². The first-order chi connectivity index (χ1) is 33.7. The molecule has 13 rings (SSSR count). The Morgan fingerprint density at radius 3 is 1.00 bits per heavy atom. The van der Waals surface area contributed by atoms with Crippen LogP contribution in [0.2, 0.25) is 0 Å². The van der Waals surface area contributed by atoms with Crippen molar-refractivity contribution in [3.8, 4) is 45.6 Å². The van der Waals surface area contributed by atoms with Crippen LogP contribution < -0.4 is 18.3 Å². The minimum Gasteiger partial charge on any atom is -0.324 e. The average molecular weight is 883 g/mol. The van der Waals surface area contributed by atoms with Crippen LogP contribution >= 0.6 is 0 Å². The van der Waals surface area contributed by atoms with Crippen LogP contribution in [0.4, 0.5) is 0 Å². The number of pyridine rings is 4. The number of hydrogen-bond acceptors (Lipinski definition) is 6. The van der Waals surface area contributed by atoms with Crippen molar-refractivity contribution in [3.05, 3.63) is 217 Å². The van der Waals surface area contributed by atoms with Crippen molar-refractivity contribution in [1.29, 1.82) is 0 Å². The van der Waals surface area contributed by atoms with Crippen molar-refractivity contribution in [2.75, 3.05) is 0 Å². The lowest BCUT2D eigenvalue weighted by molar-refractivity contribution is -0.688. The maximum absolute atomic E-state index is 5.48. The Hall–Kier alpha value is -9.16. The molecule has 11 aromatic rings. The summed E-state index contributed by atoms with van der Waals surface area (Å²) in [6.07, 6.45) is 16.6. The van der Waals surface area contributed by atoms with E-state index in [2.05, 4.69) is 151 Å². The molecule has 322 valence electrons. The number of hydrogen-bond donors (Lipinski definition) is 2. The van der Waals surface area contributed by atoms with Crippen molar-refractivity contribution >= 4 is 44.1 Å². The molecule has 2 aliphatic rings. The summed E-state index contributed by atoms with van der Waals surface area (Å²) in [5.74, 6) is 2.26. The van der Waals surface area contributed by atoms with Crippen LogP contribution in [0.5, 0.6) is 0 Å². The van der Waals surface area contributed by atoms with Crippen molar-refractivity contribution in [2.45, 2.75) is 26.2 Å². The van der Waals surface area contributed by atoms with Gasteiger partial charge < -0.3 is 9.97 Å². The highest BCUT2D eigenvalue weighted by Crippen LogP contribution is 2.40. The van der Waals surface area contributed by atoms with E-state index in [0.717, 1.165) is 66.1 Å². The molecule has 68 heavy (non-hydrogen) atoms. The lowest BCUT2D eigenvalue weighted by atomic mass is 10.0. The fraction of sp³-hybridized carbons (Fsp3) is 0.0714. The van der Waals surface area contributed by atoms with Crippen LogP contribution in [0.25, 0.3) is 89.7 Å². The second-order valence-electron chi connectivity index (χ2n) is 17.2. The van der Waals surface area contributed by atoms with Crippen molar-refractivity contribution in [3.63, 3.8) is 0 Å². The number of rotatable bonds is 8. The summed E-state index contributed by atoms with van der Waals surface area (Å²) >= 11 is 0. The molecule has 2 aliphatic heterocycles. The maximum atomic E-state index is 5.48. The predicted octanol–water partition coefficient (Wildman–Crippen LogP) is 8.21. The standard InChI is InChI=1S/C56H42N12/c1-5-25-65(26-6-1)33-37-17-13-21-41-45(37)53-57-49(41)62-54-47-39(35-67-29-9-3-10-30-67)19-15-23-43(47)51(59-54)64-56-48-40(36-68-31-11-4-12-32-68)20-16-24-44(48)52(60-56)63-55-46-38(34-66-27-7-2-8-28-66)18-14-22-42(46)50(58-55)61-53/h1-32H,33-36H2,(H2,57,58,59,60,61,62,63,64)/q+4. The Kier molecular flexibility index (Phi) is 9.44. The lowest BCUT2D eigenvalue weighted by Gasteiger charge is -2.05. The van der Waals surface area contributed by atoms with Gasteiger partial charge in [0, 0.05) is 115 Å². The van der Waals surface area contributed by atoms with Gasteiger partial charge in [-0.05, 0) is 0 Å². The monoisotopic (exact) mass is 882 g/mol. The van der Waals surface area contributed by atoms with Crippen LogP contribution in [0, 0.1) is 0 Å². The quantitative estimate of drug-likeness (QED) is 0.148. The minimum atomic E-state index is 0.561. The highest BCUT2D eigenvalue weighted by atomic mass is 15.1. The molecule has 0 saturated carbocycles. The molecule has 0 radical (unpaired) electrons. The first kappa shape index (κ1) is 39.2. The Morgan fingerprint density at radius 1 is 0.294 bits per heavy atom. The normalized spacial score (nSPS) is 11.8. The van der Waals surface area contributed by atoms with E-state index in [9.17, 15) is 0 Å². The van der Waals surface area contributed by atoms with Gasteiger partial charge in [0.1, 0.15) is 22.6 Å². The third kappa shape index (κ3) is 7.02. The average Bonchev–Trinajstić information content (AvgIpc) is 4.12. The van der Waals surface area contributed by atoms with Crippen LogP contribution in [0.1, 0.15) is 22.3 Å². The Bertz CT molecular complexity index is 3650. The van der Waals surface area contributed by atoms with Crippen LogP contribution in [0.3, 0.4) is 0 Å². The molecule has 0 fully saturated rings. The molecule has 0 spiro atoms. The fourth-order valence-electron chi connectivity index (χ4n) is 9.74. The molecular weight excluding hydrogens is 841 g/mol. The van der Waals surface area contributed by atoms with Gasteiger partial charge in [-0.3, -0.25) is 0 Å². The zero-order valence-electron chi connectivity index (χ0n) is 36.8. The SMILES string of the molecule is c1cc[n+](Cc2cccc3c2-c2nc-3nc3[nH]c(nc4nc(nc5[nH]c(n2)c2cccc(C[n+]6ccccc6)c52)-c2cccc(C[n+]5ccccc5)c2-4)c2cccc(C[n+]4ccccc4)c32)cc1. The van der Waals surface area contributed by atoms with Gasteiger partial charge >= 0.3 is 0 Å². The Morgan fingerprint density at radius 2 is 0.618 bits per heavy atom. The number of nitrogens with zero attached hydrogens (tertiary/aromatic N) is 10. The molecule has 8 bridgehead atoms. The molecular formula is C56H42N12+4. The smallest absolute Gasteiger partial charge is 0.174 e. The molecule has 7 aromatic heterocycles. The molecule has 9 heterocycles. The van der Waals surface area contributed by atoms with E-state index in [4.69, 9.17) is 29.9 Å².